The van der Waals surface area contributed by atoms with Gasteiger partial charge in [0.1, 0.15) is 0 Å². The number of hydrogen-bond donors (Lipinski definition) is 1. The highest BCUT2D eigenvalue weighted by molar-refractivity contribution is 5.48. The first-order chi connectivity index (χ1) is 9.28. The number of benzene rings is 2. The Morgan fingerprint density at radius 2 is 1.84 bits per heavy atom. The Bertz CT molecular complexity index is 652. The maximum atomic E-state index is 8.70. The number of aryl methyl sites for hydroxylation is 1. The molecule has 2 heteroatoms. The van der Waals surface area contributed by atoms with Crippen molar-refractivity contribution in [3.8, 4) is 17.9 Å². The quantitative estimate of drug-likeness (QED) is 0.825. The molecule has 0 aliphatic carbocycles. The largest absolute Gasteiger partial charge is 0.374 e. The Hall–Kier alpha value is -2.71. The van der Waals surface area contributed by atoms with Crippen molar-refractivity contribution in [1.29, 1.82) is 5.26 Å². The fourth-order valence-electron chi connectivity index (χ4n) is 1.68. The van der Waals surface area contributed by atoms with Crippen LogP contribution in [0.1, 0.15) is 16.7 Å². The third-order valence-electron chi connectivity index (χ3n) is 2.65. The number of nitrogens with one attached hydrogen (secondary N) is 1. The van der Waals surface area contributed by atoms with Crippen LogP contribution in [0, 0.1) is 30.1 Å². The van der Waals surface area contributed by atoms with E-state index in [0.717, 1.165) is 11.3 Å². The van der Waals surface area contributed by atoms with E-state index in [-0.39, 0.29) is 0 Å². The predicted octanol–water partition coefficient (Wildman–Crippen LogP) is 3.33. The molecule has 0 amide bonds. The van der Waals surface area contributed by atoms with Crippen molar-refractivity contribution in [2.24, 2.45) is 0 Å². The van der Waals surface area contributed by atoms with Gasteiger partial charge in [-0.2, -0.15) is 5.26 Å². The Kier molecular flexibility index (Phi) is 4.21. The van der Waals surface area contributed by atoms with Gasteiger partial charge in [-0.25, -0.2) is 0 Å². The van der Waals surface area contributed by atoms with Gasteiger partial charge in [0.05, 0.1) is 18.2 Å². The lowest BCUT2D eigenvalue weighted by Crippen LogP contribution is -1.98. The lowest BCUT2D eigenvalue weighted by Gasteiger charge is -2.01. The van der Waals surface area contributed by atoms with Gasteiger partial charge in [0.2, 0.25) is 0 Å². The van der Waals surface area contributed by atoms with Gasteiger partial charge in [0.25, 0.3) is 0 Å². The minimum atomic E-state index is 0.583. The van der Waals surface area contributed by atoms with Crippen LogP contribution in [0.3, 0.4) is 0 Å². The van der Waals surface area contributed by atoms with Crippen LogP contribution in [-0.2, 0) is 0 Å². The van der Waals surface area contributed by atoms with Gasteiger partial charge in [0, 0.05) is 11.3 Å². The first-order valence-electron chi connectivity index (χ1n) is 6.07. The van der Waals surface area contributed by atoms with Crippen LogP contribution in [0.2, 0.25) is 0 Å². The smallest absolute Gasteiger partial charge is 0.0991 e. The zero-order chi connectivity index (χ0) is 13.5. The van der Waals surface area contributed by atoms with E-state index < -0.39 is 0 Å². The average molecular weight is 246 g/mol. The molecule has 0 aliphatic heterocycles. The van der Waals surface area contributed by atoms with Gasteiger partial charge in [-0.15, -0.1) is 0 Å². The molecule has 0 fully saturated rings. The number of nitriles is 1. The minimum absolute atomic E-state index is 0.583. The molecule has 19 heavy (non-hydrogen) atoms. The summed E-state index contributed by atoms with van der Waals surface area (Å²) in [5.41, 5.74) is 3.88. The van der Waals surface area contributed by atoms with E-state index in [1.165, 1.54) is 5.56 Å². The summed E-state index contributed by atoms with van der Waals surface area (Å²) in [6, 6.07) is 17.6. The summed E-state index contributed by atoms with van der Waals surface area (Å²) in [5.74, 6) is 6.19. The topological polar surface area (TPSA) is 35.8 Å². The molecular formula is C17H14N2. The first kappa shape index (κ1) is 12.7. The molecule has 1 N–H and O–H groups in total. The van der Waals surface area contributed by atoms with Gasteiger partial charge in [0.15, 0.2) is 0 Å². The summed E-state index contributed by atoms with van der Waals surface area (Å²) in [4.78, 5) is 0. The number of nitrogens with zero attached hydrogens (tertiary/aromatic N) is 1. The van der Waals surface area contributed by atoms with E-state index in [2.05, 4.69) is 42.3 Å². The molecule has 0 aliphatic rings. The third-order valence-corrected chi connectivity index (χ3v) is 2.65. The van der Waals surface area contributed by atoms with Crippen LogP contribution in [0.5, 0.6) is 0 Å². The fourth-order valence-corrected chi connectivity index (χ4v) is 1.68. The minimum Gasteiger partial charge on any atom is -0.374 e. The second-order valence-electron chi connectivity index (χ2n) is 4.21. The van der Waals surface area contributed by atoms with Gasteiger partial charge in [-0.1, -0.05) is 24.0 Å². The molecule has 0 saturated carbocycles. The van der Waals surface area contributed by atoms with Crippen LogP contribution in [0.15, 0.2) is 48.5 Å². The van der Waals surface area contributed by atoms with E-state index in [4.69, 9.17) is 5.26 Å². The zero-order valence-corrected chi connectivity index (χ0v) is 10.8. The molecule has 2 aromatic rings. The first-order valence-corrected chi connectivity index (χ1v) is 6.07. The van der Waals surface area contributed by atoms with Crippen molar-refractivity contribution in [3.63, 3.8) is 0 Å². The predicted molar refractivity (Wildman–Crippen MR) is 77.7 cm³/mol. The Balaban J connectivity index is 1.92. The van der Waals surface area contributed by atoms with Crippen LogP contribution in [-0.4, -0.2) is 6.54 Å². The Morgan fingerprint density at radius 3 is 2.53 bits per heavy atom. The normalized spacial score (nSPS) is 9.05. The van der Waals surface area contributed by atoms with Crippen molar-refractivity contribution >= 4 is 5.69 Å². The number of anilines is 1. The van der Waals surface area contributed by atoms with Gasteiger partial charge >= 0.3 is 0 Å². The lowest BCUT2D eigenvalue weighted by atomic mass is 10.1. The molecule has 0 spiro atoms. The molecule has 2 rings (SSSR count). The van der Waals surface area contributed by atoms with Gasteiger partial charge in [-0.05, 0) is 48.9 Å². The number of hydrogen-bond acceptors (Lipinski definition) is 2. The Labute approximate surface area is 113 Å². The highest BCUT2D eigenvalue weighted by Crippen LogP contribution is 2.07. The monoisotopic (exact) mass is 246 g/mol. The maximum Gasteiger partial charge on any atom is 0.0991 e. The molecule has 0 saturated heterocycles. The molecule has 92 valence electrons. The third kappa shape index (κ3) is 3.91. The van der Waals surface area contributed by atoms with E-state index >= 15 is 0 Å². The molecule has 2 aromatic carbocycles. The molecule has 0 radical (unpaired) electrons. The standard InChI is InChI=1S/C17H14N2/c1-14-4-2-5-15(12-14)6-3-11-19-17-9-7-16(13-18)8-10-17/h2,4-5,7-10,12,19H,11H2,1H3. The summed E-state index contributed by atoms with van der Waals surface area (Å²) in [5, 5.41) is 11.9. The molecule has 0 aromatic heterocycles. The van der Waals surface area contributed by atoms with Crippen LogP contribution in [0.4, 0.5) is 5.69 Å². The molecule has 0 atom stereocenters. The fraction of sp³-hybridized carbons (Fsp3) is 0.118. The van der Waals surface area contributed by atoms with Crippen molar-refractivity contribution < 1.29 is 0 Å². The van der Waals surface area contributed by atoms with E-state index in [1.54, 1.807) is 12.1 Å². The highest BCUT2D eigenvalue weighted by Gasteiger charge is 1.91. The van der Waals surface area contributed by atoms with Crippen molar-refractivity contribution in [2.45, 2.75) is 6.92 Å². The summed E-state index contributed by atoms with van der Waals surface area (Å²) >= 11 is 0. The summed E-state index contributed by atoms with van der Waals surface area (Å²) < 4.78 is 0. The molecular weight excluding hydrogens is 232 g/mol. The van der Waals surface area contributed by atoms with Crippen molar-refractivity contribution in [2.75, 3.05) is 11.9 Å². The second-order valence-corrected chi connectivity index (χ2v) is 4.21. The zero-order valence-electron chi connectivity index (χ0n) is 10.8. The summed E-state index contributed by atoms with van der Waals surface area (Å²) in [6.45, 7) is 2.64. The van der Waals surface area contributed by atoms with Crippen molar-refractivity contribution in [3.05, 3.63) is 65.2 Å². The Morgan fingerprint density at radius 1 is 1.05 bits per heavy atom. The van der Waals surface area contributed by atoms with E-state index in [9.17, 15) is 0 Å². The van der Waals surface area contributed by atoms with Crippen molar-refractivity contribution in [1.82, 2.24) is 0 Å². The number of rotatable bonds is 2. The van der Waals surface area contributed by atoms with Gasteiger partial charge in [-0.3, -0.25) is 0 Å². The van der Waals surface area contributed by atoms with Crippen LogP contribution < -0.4 is 5.32 Å². The van der Waals surface area contributed by atoms with Gasteiger partial charge < -0.3 is 5.32 Å². The molecule has 0 unspecified atom stereocenters. The molecule has 0 heterocycles. The summed E-state index contributed by atoms with van der Waals surface area (Å²) in [7, 11) is 0. The van der Waals surface area contributed by atoms with Crippen LogP contribution >= 0.6 is 0 Å². The lowest BCUT2D eigenvalue weighted by molar-refractivity contribution is 1.37. The second kappa shape index (κ2) is 6.28. The SMILES string of the molecule is Cc1cccc(C#CCNc2ccc(C#N)cc2)c1. The molecule has 2 nitrogen and oxygen atoms in total. The molecule has 0 bridgehead atoms. The van der Waals surface area contributed by atoms with E-state index in [1.807, 2.05) is 24.3 Å². The highest BCUT2D eigenvalue weighted by atomic mass is 14.8. The maximum absolute atomic E-state index is 8.70. The average Bonchev–Trinajstić information content (AvgIpc) is 2.44. The van der Waals surface area contributed by atoms with Crippen LogP contribution in [0.25, 0.3) is 0 Å². The summed E-state index contributed by atoms with van der Waals surface area (Å²) in [6.07, 6.45) is 0. The van der Waals surface area contributed by atoms with E-state index in [0.29, 0.717) is 12.1 Å².